The molecule has 0 saturated carbocycles. The lowest BCUT2D eigenvalue weighted by molar-refractivity contribution is -0.191. The lowest BCUT2D eigenvalue weighted by atomic mass is 9.80. The number of carbonyl (C=O) groups excluding carboxylic acids is 4. The summed E-state index contributed by atoms with van der Waals surface area (Å²) in [6.07, 6.45) is 15.5. The number of likely N-dealkylation sites (tertiary alicyclic amines) is 4. The Kier molecular flexibility index (Phi) is 32.6. The Bertz CT molecular complexity index is 4930. The molecule has 9 aliphatic rings. The first-order valence-electron chi connectivity index (χ1n) is 47.4. The second-order valence-corrected chi connectivity index (χ2v) is 36.7. The summed E-state index contributed by atoms with van der Waals surface area (Å²) in [4.78, 5) is 61.0. The topological polar surface area (TPSA) is 201 Å². The van der Waals surface area contributed by atoms with Crippen LogP contribution in [0, 0.1) is 27.7 Å². The smallest absolute Gasteiger partial charge is 0.257 e. The molecule has 692 valence electrons. The van der Waals surface area contributed by atoms with Gasteiger partial charge in [0.2, 0.25) is 0 Å². The van der Waals surface area contributed by atoms with E-state index < -0.39 is 0 Å². The molecule has 8 unspecified atom stereocenters. The van der Waals surface area contributed by atoms with Crippen molar-refractivity contribution < 1.29 is 80.8 Å². The van der Waals surface area contributed by atoms with Gasteiger partial charge in [0, 0.05) is 154 Å². The monoisotopic (exact) mass is 1760 g/mol. The van der Waals surface area contributed by atoms with Gasteiger partial charge >= 0.3 is 0 Å². The maximum absolute atomic E-state index is 13.4. The van der Waals surface area contributed by atoms with Crippen LogP contribution in [-0.2, 0) is 44.3 Å². The summed E-state index contributed by atoms with van der Waals surface area (Å²) >= 11 is 0. The Balaban J connectivity index is 0.000000139. The summed E-state index contributed by atoms with van der Waals surface area (Å²) in [5, 5.41) is 0. The largest absolute Gasteiger partial charge is 0.497 e. The lowest BCUT2D eigenvalue weighted by Crippen LogP contribution is -2.52. The van der Waals surface area contributed by atoms with Gasteiger partial charge in [0.05, 0.1) is 116 Å². The van der Waals surface area contributed by atoms with Gasteiger partial charge in [-0.3, -0.25) is 19.2 Å². The van der Waals surface area contributed by atoms with Crippen molar-refractivity contribution in [2.75, 3.05) is 107 Å². The Morgan fingerprint density at radius 2 is 0.698 bits per heavy atom. The van der Waals surface area contributed by atoms with Gasteiger partial charge in [0.1, 0.15) is 28.7 Å². The summed E-state index contributed by atoms with van der Waals surface area (Å²) < 4.78 is 79.2. The van der Waals surface area contributed by atoms with Crippen molar-refractivity contribution in [3.8, 4) is 28.7 Å². The maximum Gasteiger partial charge on any atom is 0.257 e. The molecule has 0 radical (unpaired) electrons. The van der Waals surface area contributed by atoms with Gasteiger partial charge in [-0.2, -0.15) is 0 Å². The zero-order valence-corrected chi connectivity index (χ0v) is 78.5. The van der Waals surface area contributed by atoms with E-state index in [1.165, 1.54) is 22.3 Å². The minimum atomic E-state index is -0.265. The van der Waals surface area contributed by atoms with Crippen molar-refractivity contribution in [3.63, 3.8) is 0 Å². The van der Waals surface area contributed by atoms with Gasteiger partial charge in [-0.15, -0.1) is 0 Å². The van der Waals surface area contributed by atoms with Crippen LogP contribution in [0.25, 0.3) is 0 Å². The Morgan fingerprint density at radius 1 is 0.372 bits per heavy atom. The fraction of sp³-hybridized carbons (Fsp3) is 0.519. The van der Waals surface area contributed by atoms with Crippen LogP contribution in [0.2, 0.25) is 0 Å². The molecule has 0 aromatic heterocycles. The van der Waals surface area contributed by atoms with Crippen LogP contribution < -0.4 is 23.7 Å². The second-order valence-electron chi connectivity index (χ2n) is 36.7. The highest BCUT2D eigenvalue weighted by atomic mass is 16.6. The fourth-order valence-corrected chi connectivity index (χ4v) is 21.2. The summed E-state index contributed by atoms with van der Waals surface area (Å²) in [6, 6.07) is 60.8. The highest BCUT2D eigenvalue weighted by molar-refractivity contribution is 5.99. The number of aryl methyl sites for hydroxylation is 4. The summed E-state index contributed by atoms with van der Waals surface area (Å²) in [5.41, 5.74) is 11.7. The number of fused-ring (bicyclic) bond motifs is 1. The number of methoxy groups -OCH3 is 3. The molecule has 9 heterocycles. The van der Waals surface area contributed by atoms with Crippen LogP contribution >= 0.6 is 0 Å². The molecule has 0 bridgehead atoms. The summed E-state index contributed by atoms with van der Waals surface area (Å²) in [7, 11) is 4.84. The molecule has 8 atom stereocenters. The van der Waals surface area contributed by atoms with Crippen molar-refractivity contribution in [2.45, 2.75) is 256 Å². The number of rotatable bonds is 21. The molecule has 8 aromatic rings. The lowest BCUT2D eigenvalue weighted by Gasteiger charge is -2.48. The number of piperidine rings is 4. The van der Waals surface area contributed by atoms with Crippen molar-refractivity contribution in [3.05, 3.63) is 254 Å². The minimum Gasteiger partial charge on any atom is -0.497 e. The molecular formula is C108H138N4O17. The highest BCUT2D eigenvalue weighted by Gasteiger charge is 2.50. The molecule has 4 amide bonds. The van der Waals surface area contributed by atoms with E-state index in [0.29, 0.717) is 108 Å². The van der Waals surface area contributed by atoms with Crippen LogP contribution in [0.4, 0.5) is 0 Å². The number of carbonyl (C=O) groups is 4. The zero-order valence-electron chi connectivity index (χ0n) is 78.5. The Hall–Kier alpha value is -9.68. The molecule has 0 N–H and O–H groups in total. The van der Waals surface area contributed by atoms with Gasteiger partial charge in [0.25, 0.3) is 23.6 Å². The van der Waals surface area contributed by atoms with E-state index in [9.17, 15) is 19.2 Å². The first kappa shape index (κ1) is 95.4. The van der Waals surface area contributed by atoms with Crippen LogP contribution in [0.3, 0.4) is 0 Å². The molecule has 21 nitrogen and oxygen atoms in total. The third kappa shape index (κ3) is 23.4. The number of benzene rings is 8. The van der Waals surface area contributed by atoms with Gasteiger partial charge in [0.15, 0.2) is 0 Å². The third-order valence-corrected chi connectivity index (χ3v) is 27.6. The highest BCUT2D eigenvalue weighted by Crippen LogP contribution is 2.50. The van der Waals surface area contributed by atoms with E-state index in [1.807, 2.05) is 129 Å². The maximum atomic E-state index is 13.4. The normalized spacial score (nSPS) is 23.0. The molecule has 9 aliphatic heterocycles. The number of hydrogen-bond donors (Lipinski definition) is 0. The average Bonchev–Trinajstić information content (AvgIpc) is 0.850. The fourth-order valence-electron chi connectivity index (χ4n) is 21.2. The van der Waals surface area contributed by atoms with Crippen molar-refractivity contribution in [2.24, 2.45) is 0 Å². The van der Waals surface area contributed by atoms with Crippen molar-refractivity contribution in [1.29, 1.82) is 0 Å². The van der Waals surface area contributed by atoms with Crippen LogP contribution in [0.15, 0.2) is 182 Å². The molecular weight excluding hydrogens is 1630 g/mol. The van der Waals surface area contributed by atoms with E-state index >= 15 is 0 Å². The average molecular weight is 1760 g/mol. The van der Waals surface area contributed by atoms with Crippen LogP contribution in [0.5, 0.6) is 28.7 Å². The molecule has 0 aliphatic carbocycles. The molecule has 129 heavy (non-hydrogen) atoms. The van der Waals surface area contributed by atoms with Gasteiger partial charge < -0.3 is 81.2 Å². The molecule has 17 rings (SSSR count). The Morgan fingerprint density at radius 3 is 1.01 bits per heavy atom. The van der Waals surface area contributed by atoms with Crippen LogP contribution in [-0.4, -0.2) is 203 Å². The van der Waals surface area contributed by atoms with E-state index in [0.717, 1.165) is 165 Å². The number of para-hydroxylation sites is 1. The van der Waals surface area contributed by atoms with Crippen LogP contribution in [0.1, 0.15) is 260 Å². The molecule has 8 saturated heterocycles. The number of hydrogen-bond acceptors (Lipinski definition) is 17. The number of amides is 4. The third-order valence-electron chi connectivity index (χ3n) is 27.6. The van der Waals surface area contributed by atoms with Crippen molar-refractivity contribution >= 4 is 23.6 Å². The van der Waals surface area contributed by atoms with Crippen molar-refractivity contribution in [1.82, 2.24) is 19.6 Å². The first-order valence-corrected chi connectivity index (χ1v) is 47.4. The molecule has 8 fully saturated rings. The zero-order chi connectivity index (χ0) is 90.8. The van der Waals surface area contributed by atoms with E-state index in [1.54, 1.807) is 39.5 Å². The SMILES string of the molecule is CCOC1CC(c2ccccc2)OC2(CCN(C(=O)c3cc(C)c(OC(C)C)c(C)c3)CC2)C1.CCOC1CC(c2ccccc2)OC2(CCN(C(=O)c3cc(C)c(OC)c(C)c3)CC2)C1.CCOC1CC(c2ccccc2)OC2(CCN(C(=O)c3ccc(OC)cc3OC)CC2)C1.CCOC1CC(c2ccccc2)OC2(CCN(C(=O)c3cccc4c3OCC4)CC2)C1. The van der Waals surface area contributed by atoms with E-state index in [-0.39, 0.29) is 101 Å². The molecule has 21 heteroatoms. The standard InChI is InChI=1S/C29H39NO4.C27H35NO4.C26H33NO5.C26H31NO4/c1-6-32-25-18-26(23-10-8-7-9-11-23)34-29(19-25)12-14-30(15-13-29)28(31)24-16-21(4)27(22(5)17-24)33-20(2)3;1-5-31-23-17-24(21-9-7-6-8-10-21)32-27(18-23)11-13-28(14-12-27)26(29)22-15-19(2)25(30-4)20(3)16-22;1-4-31-21-17-23(19-8-6-5-7-9-19)32-26(18-21)12-14-27(15-13-26)25(28)22-11-10-20(29-2)16-24(22)30-3;1-2-29-21-17-23(19-7-4-3-5-8-19)31-26(18-21)12-14-27(15-13-26)25(28)22-10-6-9-20-11-16-30-24(20)22/h7-11,16-17,20,25-26H,6,12-15,18-19H2,1-5H3;6-10,15-16,23-24H,5,11-14,17-18H2,1-4H3;5-11,16,21,23H,4,12-15,17-18H2,1-3H3;3-10,21,23H,2,11-18H2,1H3. The quantitative estimate of drug-likeness (QED) is 0.0657. The molecule has 4 spiro atoms. The predicted octanol–water partition coefficient (Wildman–Crippen LogP) is 20.5. The predicted molar refractivity (Wildman–Crippen MR) is 500 cm³/mol. The van der Waals surface area contributed by atoms with E-state index in [2.05, 4.69) is 124 Å². The van der Waals surface area contributed by atoms with Gasteiger partial charge in [-0.25, -0.2) is 0 Å². The first-order chi connectivity index (χ1) is 62.5. The minimum absolute atomic E-state index is 0.0175. The van der Waals surface area contributed by atoms with Gasteiger partial charge in [-0.1, -0.05) is 133 Å². The van der Waals surface area contributed by atoms with Gasteiger partial charge in [-0.05, 0) is 213 Å². The summed E-state index contributed by atoms with van der Waals surface area (Å²) in [6.45, 7) is 29.2. The molecule has 8 aromatic carbocycles. The van der Waals surface area contributed by atoms with E-state index in [4.69, 9.17) is 61.6 Å². The summed E-state index contributed by atoms with van der Waals surface area (Å²) in [5.74, 6) is 3.95. The Labute approximate surface area is 765 Å². The second kappa shape index (κ2) is 44.0. The number of ether oxygens (including phenoxy) is 13. The number of nitrogens with zero attached hydrogens (tertiary/aromatic N) is 4.